The Hall–Kier alpha value is -2.53. The highest BCUT2D eigenvalue weighted by molar-refractivity contribution is 6.30. The van der Waals surface area contributed by atoms with Gasteiger partial charge < -0.3 is 15.0 Å². The molecule has 174 valence electrons. The van der Waals surface area contributed by atoms with Crippen molar-refractivity contribution in [3.63, 3.8) is 0 Å². The standard InChI is InChI=1S/C26H35ClN2O3/c1-6-23(26(31)28-15-18(2)3)29(16-20-11-13-21(27)14-12-20)25(30)17-32-24-10-8-7-9-22(24)19(4)5/h7-14,18-19,23H,6,15-17H2,1-5H3,(H,28,31)/t23-/m1/s1. The van der Waals surface area contributed by atoms with Crippen LogP contribution >= 0.6 is 11.6 Å². The van der Waals surface area contributed by atoms with Crippen LogP contribution in [0.4, 0.5) is 0 Å². The van der Waals surface area contributed by atoms with Crippen LogP contribution in [0.25, 0.3) is 0 Å². The number of hydrogen-bond acceptors (Lipinski definition) is 3. The van der Waals surface area contributed by atoms with E-state index >= 15 is 0 Å². The number of ether oxygens (including phenoxy) is 1. The van der Waals surface area contributed by atoms with Crippen LogP contribution in [-0.4, -0.2) is 35.9 Å². The van der Waals surface area contributed by atoms with Crippen molar-refractivity contribution in [3.05, 3.63) is 64.7 Å². The second kappa shape index (κ2) is 12.5. The lowest BCUT2D eigenvalue weighted by atomic mass is 10.0. The van der Waals surface area contributed by atoms with E-state index in [1.54, 1.807) is 17.0 Å². The van der Waals surface area contributed by atoms with Gasteiger partial charge in [0.25, 0.3) is 5.91 Å². The summed E-state index contributed by atoms with van der Waals surface area (Å²) >= 11 is 6.02. The Labute approximate surface area is 197 Å². The molecule has 2 aromatic rings. The first kappa shape index (κ1) is 25.7. The fraction of sp³-hybridized carbons (Fsp3) is 0.462. The molecule has 0 spiro atoms. The number of para-hydroxylation sites is 1. The molecule has 5 nitrogen and oxygen atoms in total. The van der Waals surface area contributed by atoms with Crippen LogP contribution in [0.5, 0.6) is 5.75 Å². The Morgan fingerprint density at radius 2 is 1.69 bits per heavy atom. The fourth-order valence-corrected chi connectivity index (χ4v) is 3.57. The highest BCUT2D eigenvalue weighted by Gasteiger charge is 2.29. The number of carbonyl (C=O) groups is 2. The quantitative estimate of drug-likeness (QED) is 0.489. The highest BCUT2D eigenvalue weighted by atomic mass is 35.5. The van der Waals surface area contributed by atoms with Crippen LogP contribution in [0.2, 0.25) is 5.02 Å². The zero-order valence-corrected chi connectivity index (χ0v) is 20.5. The molecule has 2 rings (SSSR count). The summed E-state index contributed by atoms with van der Waals surface area (Å²) in [6.07, 6.45) is 0.506. The minimum atomic E-state index is -0.583. The van der Waals surface area contributed by atoms with Crippen molar-refractivity contribution in [1.29, 1.82) is 0 Å². The number of nitrogens with one attached hydrogen (secondary N) is 1. The van der Waals surface area contributed by atoms with Gasteiger partial charge in [0, 0.05) is 18.1 Å². The minimum Gasteiger partial charge on any atom is -0.483 e. The van der Waals surface area contributed by atoms with Gasteiger partial charge in [-0.25, -0.2) is 0 Å². The van der Waals surface area contributed by atoms with Crippen molar-refractivity contribution in [3.8, 4) is 5.75 Å². The maximum Gasteiger partial charge on any atom is 0.261 e. The molecule has 0 aromatic heterocycles. The largest absolute Gasteiger partial charge is 0.483 e. The maximum absolute atomic E-state index is 13.3. The van der Waals surface area contributed by atoms with Crippen LogP contribution in [0.15, 0.2) is 48.5 Å². The number of rotatable bonds is 11. The van der Waals surface area contributed by atoms with E-state index in [9.17, 15) is 9.59 Å². The third-order valence-electron chi connectivity index (χ3n) is 5.23. The highest BCUT2D eigenvalue weighted by Crippen LogP contribution is 2.26. The molecule has 0 saturated heterocycles. The Kier molecular flexibility index (Phi) is 10.0. The van der Waals surface area contributed by atoms with Crippen LogP contribution in [0.1, 0.15) is 58.1 Å². The molecule has 0 aliphatic rings. The molecule has 2 amide bonds. The first-order valence-corrected chi connectivity index (χ1v) is 11.6. The Morgan fingerprint density at radius 3 is 2.28 bits per heavy atom. The van der Waals surface area contributed by atoms with E-state index in [0.717, 1.165) is 11.1 Å². The summed E-state index contributed by atoms with van der Waals surface area (Å²) in [7, 11) is 0. The van der Waals surface area contributed by atoms with Crippen LogP contribution in [-0.2, 0) is 16.1 Å². The van der Waals surface area contributed by atoms with Crippen LogP contribution < -0.4 is 10.1 Å². The summed E-state index contributed by atoms with van der Waals surface area (Å²) < 4.78 is 5.93. The van der Waals surface area contributed by atoms with Gasteiger partial charge in [0.15, 0.2) is 6.61 Å². The first-order chi connectivity index (χ1) is 15.2. The molecule has 0 bridgehead atoms. The lowest BCUT2D eigenvalue weighted by Gasteiger charge is -2.31. The van der Waals surface area contributed by atoms with E-state index in [1.165, 1.54) is 0 Å². The number of carbonyl (C=O) groups excluding carboxylic acids is 2. The molecule has 0 unspecified atom stereocenters. The number of benzene rings is 2. The second-order valence-electron chi connectivity index (χ2n) is 8.69. The molecule has 0 heterocycles. The van der Waals surface area contributed by atoms with Gasteiger partial charge in [-0.3, -0.25) is 9.59 Å². The molecule has 1 atom stereocenters. The number of nitrogens with zero attached hydrogens (tertiary/aromatic N) is 1. The Morgan fingerprint density at radius 1 is 1.03 bits per heavy atom. The van der Waals surface area contributed by atoms with Crippen LogP contribution in [0, 0.1) is 5.92 Å². The molecule has 0 aliphatic carbocycles. The molecule has 0 fully saturated rings. The lowest BCUT2D eigenvalue weighted by Crippen LogP contribution is -2.50. The number of hydrogen-bond donors (Lipinski definition) is 1. The molecule has 2 aromatic carbocycles. The molecule has 0 radical (unpaired) electrons. The smallest absolute Gasteiger partial charge is 0.261 e. The normalized spacial score (nSPS) is 12.0. The zero-order valence-electron chi connectivity index (χ0n) is 19.7. The Bertz CT molecular complexity index is 881. The van der Waals surface area contributed by atoms with Gasteiger partial charge in [-0.15, -0.1) is 0 Å². The van der Waals surface area contributed by atoms with Gasteiger partial charge in [-0.1, -0.05) is 76.6 Å². The van der Waals surface area contributed by atoms with E-state index in [1.807, 2.05) is 57.2 Å². The summed E-state index contributed by atoms with van der Waals surface area (Å²) in [5, 5.41) is 3.59. The molecular formula is C26H35ClN2O3. The number of amides is 2. The molecule has 0 saturated carbocycles. The van der Waals surface area contributed by atoms with Gasteiger partial charge in [-0.05, 0) is 47.6 Å². The zero-order chi connectivity index (χ0) is 23.7. The first-order valence-electron chi connectivity index (χ1n) is 11.3. The van der Waals surface area contributed by atoms with Crippen molar-refractivity contribution >= 4 is 23.4 Å². The van der Waals surface area contributed by atoms with Gasteiger partial charge in [0.05, 0.1) is 0 Å². The molecular weight excluding hydrogens is 424 g/mol. The lowest BCUT2D eigenvalue weighted by molar-refractivity contribution is -0.143. The minimum absolute atomic E-state index is 0.134. The average Bonchev–Trinajstić information content (AvgIpc) is 2.77. The summed E-state index contributed by atoms with van der Waals surface area (Å²) in [6.45, 7) is 10.9. The SMILES string of the molecule is CC[C@H](C(=O)NCC(C)C)N(Cc1ccc(Cl)cc1)C(=O)COc1ccccc1C(C)C. The van der Waals surface area contributed by atoms with Gasteiger partial charge in [0.1, 0.15) is 11.8 Å². The molecule has 6 heteroatoms. The second-order valence-corrected chi connectivity index (χ2v) is 9.13. The predicted octanol–water partition coefficient (Wildman–Crippen LogP) is 5.42. The third kappa shape index (κ3) is 7.56. The number of halogens is 1. The van der Waals surface area contributed by atoms with Crippen molar-refractivity contribution in [2.75, 3.05) is 13.2 Å². The molecule has 0 aliphatic heterocycles. The van der Waals surface area contributed by atoms with Crippen molar-refractivity contribution in [2.24, 2.45) is 5.92 Å². The third-order valence-corrected chi connectivity index (χ3v) is 5.48. The Balaban J connectivity index is 2.23. The van der Waals surface area contributed by atoms with Gasteiger partial charge >= 0.3 is 0 Å². The summed E-state index contributed by atoms with van der Waals surface area (Å²) in [5.74, 6) is 0.917. The van der Waals surface area contributed by atoms with E-state index < -0.39 is 6.04 Å². The summed E-state index contributed by atoms with van der Waals surface area (Å²) in [6, 6.07) is 14.5. The van der Waals surface area contributed by atoms with Gasteiger partial charge in [-0.2, -0.15) is 0 Å². The topological polar surface area (TPSA) is 58.6 Å². The van der Waals surface area contributed by atoms with Gasteiger partial charge in [0.2, 0.25) is 5.91 Å². The van der Waals surface area contributed by atoms with Crippen molar-refractivity contribution in [2.45, 2.75) is 59.5 Å². The van der Waals surface area contributed by atoms with E-state index in [0.29, 0.717) is 36.2 Å². The average molecular weight is 459 g/mol. The van der Waals surface area contributed by atoms with Crippen LogP contribution in [0.3, 0.4) is 0 Å². The summed E-state index contributed by atoms with van der Waals surface area (Å²) in [4.78, 5) is 27.8. The molecule has 32 heavy (non-hydrogen) atoms. The van der Waals surface area contributed by atoms with E-state index in [2.05, 4.69) is 19.2 Å². The maximum atomic E-state index is 13.3. The molecule has 1 N–H and O–H groups in total. The van der Waals surface area contributed by atoms with Crippen molar-refractivity contribution < 1.29 is 14.3 Å². The summed E-state index contributed by atoms with van der Waals surface area (Å²) in [5.41, 5.74) is 1.95. The monoisotopic (exact) mass is 458 g/mol. The van der Waals surface area contributed by atoms with E-state index in [4.69, 9.17) is 16.3 Å². The predicted molar refractivity (Wildman–Crippen MR) is 130 cm³/mol. The fourth-order valence-electron chi connectivity index (χ4n) is 3.44. The van der Waals surface area contributed by atoms with E-state index in [-0.39, 0.29) is 24.3 Å². The van der Waals surface area contributed by atoms with Crippen molar-refractivity contribution in [1.82, 2.24) is 10.2 Å².